The monoisotopic (exact) mass is 300 g/mol. The maximum Gasteiger partial charge on any atom is 0.139 e. The van der Waals surface area contributed by atoms with Crippen molar-refractivity contribution in [3.63, 3.8) is 0 Å². The molecule has 0 amide bonds. The quantitative estimate of drug-likeness (QED) is 0.658. The first-order valence-corrected chi connectivity index (χ1v) is 9.01. The van der Waals surface area contributed by atoms with Gasteiger partial charge in [0.2, 0.25) is 0 Å². The summed E-state index contributed by atoms with van der Waals surface area (Å²) in [5.74, 6) is 4.53. The molecule has 0 aromatic rings. The minimum Gasteiger partial charge on any atom is -0.501 e. The Morgan fingerprint density at radius 1 is 1.32 bits per heavy atom. The summed E-state index contributed by atoms with van der Waals surface area (Å²) in [6.07, 6.45) is 9.94. The molecule has 4 aliphatic rings. The molecule has 0 aromatic carbocycles. The third-order valence-corrected chi connectivity index (χ3v) is 7.37. The molecule has 0 heterocycles. The van der Waals surface area contributed by atoms with Gasteiger partial charge in [0.15, 0.2) is 0 Å². The van der Waals surface area contributed by atoms with E-state index >= 15 is 0 Å². The van der Waals surface area contributed by atoms with Crippen LogP contribution in [0.3, 0.4) is 0 Å². The minimum absolute atomic E-state index is 0.00428. The highest BCUT2D eigenvalue weighted by Crippen LogP contribution is 2.61. The number of hydrogen-bond donors (Lipinski definition) is 0. The number of rotatable bonds is 1. The Kier molecular flexibility index (Phi) is 3.29. The third-order valence-electron chi connectivity index (χ3n) is 7.37. The smallest absolute Gasteiger partial charge is 0.139 e. The normalized spacial score (nSPS) is 44.1. The molecule has 5 atom stereocenters. The summed E-state index contributed by atoms with van der Waals surface area (Å²) >= 11 is 0. The molecule has 4 rings (SSSR count). The topological polar surface area (TPSA) is 26.3 Å². The van der Waals surface area contributed by atoms with Gasteiger partial charge < -0.3 is 4.74 Å². The van der Waals surface area contributed by atoms with E-state index in [1.54, 1.807) is 18.3 Å². The van der Waals surface area contributed by atoms with Gasteiger partial charge in [-0.25, -0.2) is 0 Å². The highest BCUT2D eigenvalue weighted by atomic mass is 16.5. The lowest BCUT2D eigenvalue weighted by molar-refractivity contribution is -0.130. The number of carbonyl (C=O) groups excluding carboxylic acids is 1. The zero-order valence-corrected chi connectivity index (χ0v) is 14.2. The second-order valence-electron chi connectivity index (χ2n) is 8.27. The summed E-state index contributed by atoms with van der Waals surface area (Å²) in [4.78, 5) is 12.4. The standard InChI is InChI=1S/C20H28O2/c1-12-10-13-11-14(22-3)4-5-15(13)16-8-9-20(2)17(19(12)16)6-7-18(20)21/h4,12,16-17,19H,5-11H2,1-3H3/t12-,16?,17?,19+,20+/m1/s1. The zero-order chi connectivity index (χ0) is 15.5. The van der Waals surface area contributed by atoms with Gasteiger partial charge in [-0.2, -0.15) is 0 Å². The molecule has 22 heavy (non-hydrogen) atoms. The number of fused-ring (bicyclic) bond motifs is 4. The predicted molar refractivity (Wildman–Crippen MR) is 87.2 cm³/mol. The number of carbonyl (C=O) groups is 1. The van der Waals surface area contributed by atoms with Crippen LogP contribution in [0.15, 0.2) is 23.0 Å². The molecular formula is C20H28O2. The highest BCUT2D eigenvalue weighted by Gasteiger charge is 2.56. The lowest BCUT2D eigenvalue weighted by atomic mass is 9.52. The van der Waals surface area contributed by atoms with Crippen LogP contribution in [0, 0.1) is 29.1 Å². The van der Waals surface area contributed by atoms with Crippen molar-refractivity contribution in [2.45, 2.75) is 58.8 Å². The van der Waals surface area contributed by atoms with Crippen LogP contribution < -0.4 is 0 Å². The van der Waals surface area contributed by atoms with Crippen molar-refractivity contribution in [2.24, 2.45) is 29.1 Å². The van der Waals surface area contributed by atoms with E-state index in [0.29, 0.717) is 11.7 Å². The lowest BCUT2D eigenvalue weighted by Gasteiger charge is -2.52. The molecular weight excluding hydrogens is 272 g/mol. The van der Waals surface area contributed by atoms with Gasteiger partial charge in [-0.3, -0.25) is 4.79 Å². The van der Waals surface area contributed by atoms with Crippen molar-refractivity contribution >= 4 is 5.78 Å². The van der Waals surface area contributed by atoms with E-state index in [1.807, 2.05) is 0 Å². The van der Waals surface area contributed by atoms with Gasteiger partial charge in [0.05, 0.1) is 12.9 Å². The van der Waals surface area contributed by atoms with Crippen LogP contribution in [0.5, 0.6) is 0 Å². The van der Waals surface area contributed by atoms with E-state index in [-0.39, 0.29) is 5.41 Å². The second kappa shape index (κ2) is 4.97. The highest BCUT2D eigenvalue weighted by molar-refractivity contribution is 5.87. The molecule has 0 spiro atoms. The first-order chi connectivity index (χ1) is 10.5. The maximum absolute atomic E-state index is 12.4. The van der Waals surface area contributed by atoms with Gasteiger partial charge in [-0.15, -0.1) is 0 Å². The molecule has 2 nitrogen and oxygen atoms in total. The summed E-state index contributed by atoms with van der Waals surface area (Å²) < 4.78 is 5.49. The van der Waals surface area contributed by atoms with Gasteiger partial charge in [-0.1, -0.05) is 25.0 Å². The summed E-state index contributed by atoms with van der Waals surface area (Å²) in [6.45, 7) is 4.70. The first-order valence-electron chi connectivity index (χ1n) is 9.01. The maximum atomic E-state index is 12.4. The lowest BCUT2D eigenvalue weighted by Crippen LogP contribution is -2.46. The molecule has 0 N–H and O–H groups in total. The van der Waals surface area contributed by atoms with Gasteiger partial charge in [-0.05, 0) is 61.9 Å². The molecule has 0 bridgehead atoms. The Labute approximate surface area is 134 Å². The molecule has 4 aliphatic carbocycles. The Bertz CT molecular complexity index is 570. The molecule has 0 radical (unpaired) electrons. The van der Waals surface area contributed by atoms with Gasteiger partial charge in [0.1, 0.15) is 5.78 Å². The molecule has 2 unspecified atom stereocenters. The largest absolute Gasteiger partial charge is 0.501 e. The average molecular weight is 300 g/mol. The fourth-order valence-electron chi connectivity index (χ4n) is 6.23. The SMILES string of the molecule is COC1=CCC2=C(C1)C[C@@H](C)[C@H]1C2CC[C@]2(C)C(=O)CCC12. The fraction of sp³-hybridized carbons (Fsp3) is 0.750. The van der Waals surface area contributed by atoms with Crippen molar-refractivity contribution < 1.29 is 9.53 Å². The van der Waals surface area contributed by atoms with E-state index in [9.17, 15) is 4.79 Å². The summed E-state index contributed by atoms with van der Waals surface area (Å²) in [5.41, 5.74) is 3.36. The van der Waals surface area contributed by atoms with Crippen LogP contribution in [0.1, 0.15) is 58.8 Å². The number of hydrogen-bond acceptors (Lipinski definition) is 2. The molecule has 120 valence electrons. The van der Waals surface area contributed by atoms with Crippen molar-refractivity contribution in [3.8, 4) is 0 Å². The predicted octanol–water partition coefficient (Wildman–Crippen LogP) is 4.66. The third kappa shape index (κ3) is 1.88. The Balaban J connectivity index is 1.67. The van der Waals surface area contributed by atoms with E-state index in [2.05, 4.69) is 19.9 Å². The van der Waals surface area contributed by atoms with E-state index in [1.165, 1.54) is 12.8 Å². The summed E-state index contributed by atoms with van der Waals surface area (Å²) in [6, 6.07) is 0. The van der Waals surface area contributed by atoms with E-state index in [0.717, 1.165) is 55.6 Å². The molecule has 2 saturated carbocycles. The number of methoxy groups -OCH3 is 1. The molecule has 2 fully saturated rings. The van der Waals surface area contributed by atoms with Crippen LogP contribution in [-0.4, -0.2) is 12.9 Å². The Morgan fingerprint density at radius 3 is 2.91 bits per heavy atom. The summed E-state index contributed by atoms with van der Waals surface area (Å²) in [7, 11) is 1.79. The molecule has 0 aromatic heterocycles. The van der Waals surface area contributed by atoms with Gasteiger partial charge in [0, 0.05) is 18.3 Å². The number of allylic oxidation sites excluding steroid dienone is 3. The molecule has 0 aliphatic heterocycles. The first kappa shape index (κ1) is 14.5. The van der Waals surface area contributed by atoms with E-state index in [4.69, 9.17) is 4.74 Å². The molecule has 0 saturated heterocycles. The minimum atomic E-state index is -0.00428. The summed E-state index contributed by atoms with van der Waals surface area (Å²) in [5, 5.41) is 0. The van der Waals surface area contributed by atoms with Gasteiger partial charge in [0.25, 0.3) is 0 Å². The van der Waals surface area contributed by atoms with Crippen LogP contribution in [0.4, 0.5) is 0 Å². The zero-order valence-electron chi connectivity index (χ0n) is 14.2. The number of ketones is 1. The Hall–Kier alpha value is -1.05. The van der Waals surface area contributed by atoms with Crippen molar-refractivity contribution in [3.05, 3.63) is 23.0 Å². The van der Waals surface area contributed by atoms with Crippen LogP contribution in [0.25, 0.3) is 0 Å². The van der Waals surface area contributed by atoms with Crippen LogP contribution >= 0.6 is 0 Å². The van der Waals surface area contributed by atoms with E-state index < -0.39 is 0 Å². The van der Waals surface area contributed by atoms with Crippen molar-refractivity contribution in [1.82, 2.24) is 0 Å². The van der Waals surface area contributed by atoms with Crippen molar-refractivity contribution in [2.75, 3.05) is 7.11 Å². The van der Waals surface area contributed by atoms with Gasteiger partial charge >= 0.3 is 0 Å². The second-order valence-corrected chi connectivity index (χ2v) is 8.27. The number of Topliss-reactive ketones (excluding diaryl/α,β-unsaturated/α-hetero) is 1. The van der Waals surface area contributed by atoms with Crippen molar-refractivity contribution in [1.29, 1.82) is 0 Å². The van der Waals surface area contributed by atoms with Crippen LogP contribution in [-0.2, 0) is 9.53 Å². The fourth-order valence-corrected chi connectivity index (χ4v) is 6.23. The van der Waals surface area contributed by atoms with Crippen LogP contribution in [0.2, 0.25) is 0 Å². The number of ether oxygens (including phenoxy) is 1. The molecule has 2 heteroatoms. The average Bonchev–Trinajstić information content (AvgIpc) is 2.82. The Morgan fingerprint density at radius 2 is 2.14 bits per heavy atom.